The first-order valence-electron chi connectivity index (χ1n) is 14.9. The Kier molecular flexibility index (Phi) is 6.57. The lowest BCUT2D eigenvalue weighted by atomic mass is 9.72. The quantitative estimate of drug-likeness (QED) is 0.243. The van der Waals surface area contributed by atoms with E-state index in [9.17, 15) is 0 Å². The van der Waals surface area contributed by atoms with Gasteiger partial charge in [-0.1, -0.05) is 117 Å². The molecule has 0 aromatic heterocycles. The van der Waals surface area contributed by atoms with Crippen molar-refractivity contribution in [3.05, 3.63) is 142 Å². The molecule has 202 valence electrons. The molecule has 0 saturated carbocycles. The van der Waals surface area contributed by atoms with Crippen molar-refractivity contribution in [1.29, 1.82) is 0 Å². The first-order chi connectivity index (χ1) is 19.3. The van der Waals surface area contributed by atoms with Gasteiger partial charge in [-0.15, -0.1) is 0 Å². The molecule has 40 heavy (non-hydrogen) atoms. The Balaban J connectivity index is 1.47. The average Bonchev–Trinajstić information content (AvgIpc) is 3.33. The molecule has 6 rings (SSSR count). The Morgan fingerprint density at radius 2 is 1.55 bits per heavy atom. The van der Waals surface area contributed by atoms with Gasteiger partial charge in [-0.25, -0.2) is 0 Å². The van der Waals surface area contributed by atoms with Crippen LogP contribution in [0.25, 0.3) is 16.3 Å². The predicted molar refractivity (Wildman–Crippen MR) is 173 cm³/mol. The molecule has 2 aliphatic rings. The monoisotopic (exact) mass is 523 g/mol. The van der Waals surface area contributed by atoms with E-state index in [2.05, 4.69) is 150 Å². The summed E-state index contributed by atoms with van der Waals surface area (Å²) >= 11 is 0. The van der Waals surface area contributed by atoms with Crippen LogP contribution in [-0.2, 0) is 17.3 Å². The molecule has 1 aliphatic carbocycles. The van der Waals surface area contributed by atoms with Crippen LogP contribution in [0.5, 0.6) is 0 Å². The third kappa shape index (κ3) is 3.90. The van der Waals surface area contributed by atoms with E-state index in [1.807, 2.05) is 0 Å². The van der Waals surface area contributed by atoms with Crippen molar-refractivity contribution in [2.45, 2.75) is 64.7 Å². The molecule has 4 aromatic carbocycles. The lowest BCUT2D eigenvalue weighted by Gasteiger charge is -2.31. The summed E-state index contributed by atoms with van der Waals surface area (Å²) in [5, 5.41) is 2.69. The highest BCUT2D eigenvalue weighted by Gasteiger charge is 2.43. The molecule has 1 aliphatic heterocycles. The van der Waals surface area contributed by atoms with Gasteiger partial charge in [0.15, 0.2) is 0 Å². The minimum atomic E-state index is -0.120. The van der Waals surface area contributed by atoms with Gasteiger partial charge in [0.1, 0.15) is 0 Å². The van der Waals surface area contributed by atoms with Gasteiger partial charge in [0, 0.05) is 29.3 Å². The summed E-state index contributed by atoms with van der Waals surface area (Å²) in [4.78, 5) is 2.42. The van der Waals surface area contributed by atoms with Crippen molar-refractivity contribution in [3.63, 3.8) is 0 Å². The van der Waals surface area contributed by atoms with Crippen molar-refractivity contribution in [3.8, 4) is 0 Å². The van der Waals surface area contributed by atoms with E-state index in [4.69, 9.17) is 0 Å². The van der Waals surface area contributed by atoms with E-state index in [-0.39, 0.29) is 10.8 Å². The normalized spacial score (nSPS) is 20.6. The molecule has 1 heterocycles. The van der Waals surface area contributed by atoms with Crippen molar-refractivity contribution < 1.29 is 0 Å². The predicted octanol–water partition coefficient (Wildman–Crippen LogP) is 10.1. The van der Waals surface area contributed by atoms with Gasteiger partial charge in [0.25, 0.3) is 0 Å². The maximum Gasteiger partial charge on any atom is 0.0448 e. The van der Waals surface area contributed by atoms with Crippen LogP contribution >= 0.6 is 0 Å². The molecular formula is C39H41N. The van der Waals surface area contributed by atoms with Gasteiger partial charge in [0.2, 0.25) is 0 Å². The minimum Gasteiger partial charge on any atom is -0.347 e. The highest BCUT2D eigenvalue weighted by Crippen LogP contribution is 2.53. The Hall–Kier alpha value is -3.84. The van der Waals surface area contributed by atoms with Crippen LogP contribution in [0.4, 0.5) is 5.69 Å². The number of fused-ring (bicyclic) bond motifs is 4. The molecule has 0 N–H and O–H groups in total. The maximum absolute atomic E-state index is 2.46. The van der Waals surface area contributed by atoms with E-state index < -0.39 is 0 Å². The number of likely N-dealkylation sites (N-methyl/N-ethyl adjacent to an activating group) is 1. The molecule has 0 spiro atoms. The second kappa shape index (κ2) is 9.97. The molecule has 0 amide bonds. The Morgan fingerprint density at radius 1 is 0.825 bits per heavy atom. The fourth-order valence-corrected chi connectivity index (χ4v) is 7.78. The molecule has 0 fully saturated rings. The molecule has 1 unspecified atom stereocenters. The van der Waals surface area contributed by atoms with Crippen molar-refractivity contribution in [1.82, 2.24) is 0 Å². The molecule has 1 atom stereocenters. The second-order valence-electron chi connectivity index (χ2n) is 12.0. The van der Waals surface area contributed by atoms with E-state index in [0.717, 1.165) is 19.3 Å². The van der Waals surface area contributed by atoms with Crippen molar-refractivity contribution in [2.75, 3.05) is 11.9 Å². The summed E-state index contributed by atoms with van der Waals surface area (Å²) < 4.78 is 0. The number of rotatable bonds is 6. The lowest BCUT2D eigenvalue weighted by Crippen LogP contribution is -2.28. The zero-order valence-corrected chi connectivity index (χ0v) is 24.9. The maximum atomic E-state index is 2.46. The number of benzene rings is 4. The largest absolute Gasteiger partial charge is 0.347 e. The standard InChI is InChI=1S/C39H41N/c1-7-39(8-2)34-25-27(3)21-24-35(34)40(6)36(39)20-14-19-33-28(4)31-23-22-30-17-12-13-18-32(30)37(31)38(33,5)26-29-15-10-9-11-16-29/h9-25H,7-8,26H2,1-6H3/b19-14+,36-20+. The SMILES string of the molecule is CCC1(CC)/C(=C\C=C\C2=C(C)c3ccc4ccccc4c3C2(C)Cc2ccccc2)N(C)c2ccc(C)cc21. The zero-order chi connectivity index (χ0) is 28.1. The minimum absolute atomic E-state index is 0.0477. The van der Waals surface area contributed by atoms with E-state index in [1.54, 1.807) is 0 Å². The van der Waals surface area contributed by atoms with Crippen LogP contribution < -0.4 is 4.90 Å². The number of hydrogen-bond acceptors (Lipinski definition) is 1. The molecule has 1 heteroatoms. The fourth-order valence-electron chi connectivity index (χ4n) is 7.78. The van der Waals surface area contributed by atoms with Crippen molar-refractivity contribution >= 4 is 22.0 Å². The fraction of sp³-hybridized carbons (Fsp3) is 0.282. The molecular weight excluding hydrogens is 482 g/mol. The molecule has 0 saturated heterocycles. The summed E-state index contributed by atoms with van der Waals surface area (Å²) in [6.07, 6.45) is 10.3. The third-order valence-corrected chi connectivity index (χ3v) is 9.89. The van der Waals surface area contributed by atoms with Gasteiger partial charge >= 0.3 is 0 Å². The van der Waals surface area contributed by atoms with Crippen LogP contribution in [-0.4, -0.2) is 7.05 Å². The Labute approximate surface area is 240 Å². The van der Waals surface area contributed by atoms with Crippen LogP contribution in [0, 0.1) is 6.92 Å². The van der Waals surface area contributed by atoms with Crippen molar-refractivity contribution in [2.24, 2.45) is 0 Å². The van der Waals surface area contributed by atoms with Gasteiger partial charge in [-0.2, -0.15) is 0 Å². The van der Waals surface area contributed by atoms with Crippen LogP contribution in [0.3, 0.4) is 0 Å². The molecule has 0 radical (unpaired) electrons. The number of hydrogen-bond donors (Lipinski definition) is 0. The molecule has 1 nitrogen and oxygen atoms in total. The summed E-state index contributed by atoms with van der Waals surface area (Å²) in [5.74, 6) is 0. The number of allylic oxidation sites excluding steroid dienone is 6. The first-order valence-corrected chi connectivity index (χ1v) is 14.9. The third-order valence-electron chi connectivity index (χ3n) is 9.89. The van der Waals surface area contributed by atoms with E-state index >= 15 is 0 Å². The number of nitrogens with zero attached hydrogens (tertiary/aromatic N) is 1. The van der Waals surface area contributed by atoms with Gasteiger partial charge in [-0.3, -0.25) is 0 Å². The first kappa shape index (κ1) is 26.4. The van der Waals surface area contributed by atoms with Gasteiger partial charge < -0.3 is 4.90 Å². The van der Waals surface area contributed by atoms with Gasteiger partial charge in [-0.05, 0) is 89.4 Å². The Morgan fingerprint density at radius 3 is 2.30 bits per heavy atom. The molecule has 0 bridgehead atoms. The Bertz CT molecular complexity index is 1680. The number of aryl methyl sites for hydroxylation is 1. The van der Waals surface area contributed by atoms with E-state index in [0.29, 0.717) is 0 Å². The highest BCUT2D eigenvalue weighted by molar-refractivity contribution is 5.96. The average molecular weight is 524 g/mol. The van der Waals surface area contributed by atoms with Crippen LogP contribution in [0.15, 0.2) is 114 Å². The zero-order valence-electron chi connectivity index (χ0n) is 24.9. The summed E-state index contributed by atoms with van der Waals surface area (Å²) in [7, 11) is 2.24. The van der Waals surface area contributed by atoms with Crippen LogP contribution in [0.1, 0.15) is 68.4 Å². The summed E-state index contributed by atoms with van der Waals surface area (Å²) in [5.41, 5.74) is 12.5. The molecule has 4 aromatic rings. The lowest BCUT2D eigenvalue weighted by molar-refractivity contribution is 0.479. The second-order valence-corrected chi connectivity index (χ2v) is 12.0. The van der Waals surface area contributed by atoms with E-state index in [1.165, 1.54) is 61.1 Å². The smallest absolute Gasteiger partial charge is 0.0448 e. The number of anilines is 1. The topological polar surface area (TPSA) is 3.24 Å². The highest BCUT2D eigenvalue weighted by atomic mass is 15.2. The summed E-state index contributed by atoms with van der Waals surface area (Å²) in [6, 6.07) is 31.5. The van der Waals surface area contributed by atoms with Crippen LogP contribution in [0.2, 0.25) is 0 Å². The summed E-state index contributed by atoms with van der Waals surface area (Å²) in [6.45, 7) is 11.7. The van der Waals surface area contributed by atoms with Gasteiger partial charge in [0.05, 0.1) is 0 Å².